The Kier molecular flexibility index (Phi) is 4.22. The largest absolute Gasteiger partial charge is 0.340 e. The molecule has 2 aromatic rings. The third kappa shape index (κ3) is 3.18. The fourth-order valence-corrected chi connectivity index (χ4v) is 2.83. The Hall–Kier alpha value is -2.18. The van der Waals surface area contributed by atoms with E-state index in [0.717, 1.165) is 25.1 Å². The summed E-state index contributed by atoms with van der Waals surface area (Å²) < 4.78 is 3.74. The van der Waals surface area contributed by atoms with E-state index >= 15 is 0 Å². The van der Waals surface area contributed by atoms with E-state index in [2.05, 4.69) is 29.0 Å². The highest BCUT2D eigenvalue weighted by molar-refractivity contribution is 5.78. The normalized spacial score (nSPS) is 18.9. The van der Waals surface area contributed by atoms with Gasteiger partial charge in [-0.15, -0.1) is 0 Å². The standard InChI is InChI=1S/C15H22N6O/c1-12(2)20-7-5-13(18-20)8-15(22)19-6-3-4-14(9-19)21-11-16-10-17-21/h5,7,10-12,14H,3-4,6,8-9H2,1-2H3/t14-/m0/s1. The Morgan fingerprint density at radius 1 is 1.45 bits per heavy atom. The van der Waals surface area contributed by atoms with E-state index < -0.39 is 0 Å². The van der Waals surface area contributed by atoms with E-state index in [1.54, 1.807) is 12.7 Å². The molecule has 0 aromatic carbocycles. The molecular weight excluding hydrogens is 280 g/mol. The summed E-state index contributed by atoms with van der Waals surface area (Å²) in [5.74, 6) is 0.138. The number of aromatic nitrogens is 5. The lowest BCUT2D eigenvalue weighted by Gasteiger charge is -2.32. The van der Waals surface area contributed by atoms with Gasteiger partial charge in [0, 0.05) is 25.3 Å². The monoisotopic (exact) mass is 302 g/mol. The summed E-state index contributed by atoms with van der Waals surface area (Å²) in [6.45, 7) is 5.67. The second kappa shape index (κ2) is 6.29. The van der Waals surface area contributed by atoms with Crippen LogP contribution in [0.5, 0.6) is 0 Å². The van der Waals surface area contributed by atoms with Gasteiger partial charge in [-0.25, -0.2) is 9.67 Å². The number of nitrogens with zero attached hydrogens (tertiary/aromatic N) is 6. The van der Waals surface area contributed by atoms with Crippen LogP contribution >= 0.6 is 0 Å². The van der Waals surface area contributed by atoms with Crippen LogP contribution in [0.1, 0.15) is 44.5 Å². The first-order chi connectivity index (χ1) is 10.6. The third-order valence-electron chi connectivity index (χ3n) is 4.08. The zero-order valence-corrected chi connectivity index (χ0v) is 13.1. The number of hydrogen-bond donors (Lipinski definition) is 0. The molecule has 1 saturated heterocycles. The molecule has 7 nitrogen and oxygen atoms in total. The van der Waals surface area contributed by atoms with Gasteiger partial charge >= 0.3 is 0 Å². The van der Waals surface area contributed by atoms with Gasteiger partial charge in [0.2, 0.25) is 5.91 Å². The second-order valence-corrected chi connectivity index (χ2v) is 6.07. The van der Waals surface area contributed by atoms with Gasteiger partial charge < -0.3 is 4.90 Å². The lowest BCUT2D eigenvalue weighted by atomic mass is 10.1. The van der Waals surface area contributed by atoms with Crippen LogP contribution in [0.15, 0.2) is 24.9 Å². The van der Waals surface area contributed by atoms with Gasteiger partial charge in [-0.2, -0.15) is 10.2 Å². The van der Waals surface area contributed by atoms with Crippen molar-refractivity contribution >= 4 is 5.91 Å². The minimum atomic E-state index is 0.138. The molecule has 0 aliphatic carbocycles. The minimum Gasteiger partial charge on any atom is -0.340 e. The molecule has 118 valence electrons. The Morgan fingerprint density at radius 3 is 3.00 bits per heavy atom. The fraction of sp³-hybridized carbons (Fsp3) is 0.600. The maximum atomic E-state index is 12.5. The van der Waals surface area contributed by atoms with E-state index in [1.807, 2.05) is 26.5 Å². The van der Waals surface area contributed by atoms with E-state index in [0.29, 0.717) is 19.0 Å². The first-order valence-electron chi connectivity index (χ1n) is 7.79. The number of carbonyl (C=O) groups is 1. The van der Waals surface area contributed by atoms with Gasteiger partial charge in [-0.3, -0.25) is 9.48 Å². The van der Waals surface area contributed by atoms with Crippen LogP contribution in [-0.2, 0) is 11.2 Å². The summed E-state index contributed by atoms with van der Waals surface area (Å²) in [6, 6.07) is 2.47. The Balaban J connectivity index is 1.61. The summed E-state index contributed by atoms with van der Waals surface area (Å²) in [5, 5.41) is 8.65. The van der Waals surface area contributed by atoms with E-state index in [9.17, 15) is 4.79 Å². The number of amides is 1. The number of carbonyl (C=O) groups excluding carboxylic acids is 1. The van der Waals surface area contributed by atoms with Crippen LogP contribution < -0.4 is 0 Å². The van der Waals surface area contributed by atoms with Gasteiger partial charge in [0.05, 0.1) is 18.2 Å². The van der Waals surface area contributed by atoms with Crippen molar-refractivity contribution in [3.8, 4) is 0 Å². The molecule has 0 radical (unpaired) electrons. The van der Waals surface area contributed by atoms with Crippen LogP contribution in [0.4, 0.5) is 0 Å². The van der Waals surface area contributed by atoms with Gasteiger partial charge in [0.1, 0.15) is 12.7 Å². The first-order valence-corrected chi connectivity index (χ1v) is 7.79. The number of piperidine rings is 1. The quantitative estimate of drug-likeness (QED) is 0.857. The first kappa shape index (κ1) is 14.7. The minimum absolute atomic E-state index is 0.138. The summed E-state index contributed by atoms with van der Waals surface area (Å²) in [5.41, 5.74) is 0.835. The molecule has 7 heteroatoms. The molecule has 1 aliphatic rings. The molecule has 0 saturated carbocycles. The van der Waals surface area contributed by atoms with E-state index in [-0.39, 0.29) is 11.9 Å². The highest BCUT2D eigenvalue weighted by Crippen LogP contribution is 2.20. The van der Waals surface area contributed by atoms with Crippen LogP contribution in [0.2, 0.25) is 0 Å². The van der Waals surface area contributed by atoms with Gasteiger partial charge in [-0.05, 0) is 32.8 Å². The SMILES string of the molecule is CC(C)n1ccc(CC(=O)N2CCC[C@H](n3cncn3)C2)n1. The summed E-state index contributed by atoms with van der Waals surface area (Å²) >= 11 is 0. The van der Waals surface area contributed by atoms with Crippen molar-refractivity contribution in [2.24, 2.45) is 0 Å². The molecule has 3 heterocycles. The van der Waals surface area contributed by atoms with Crippen molar-refractivity contribution in [1.29, 1.82) is 0 Å². The molecule has 1 aliphatic heterocycles. The van der Waals surface area contributed by atoms with Crippen molar-refractivity contribution in [2.75, 3.05) is 13.1 Å². The zero-order valence-electron chi connectivity index (χ0n) is 13.1. The zero-order chi connectivity index (χ0) is 15.5. The van der Waals surface area contributed by atoms with Crippen molar-refractivity contribution in [1.82, 2.24) is 29.4 Å². The second-order valence-electron chi connectivity index (χ2n) is 6.07. The lowest BCUT2D eigenvalue weighted by Crippen LogP contribution is -2.41. The molecule has 0 N–H and O–H groups in total. The lowest BCUT2D eigenvalue weighted by molar-refractivity contribution is -0.132. The molecular formula is C15H22N6O. The Bertz CT molecular complexity index is 618. The van der Waals surface area contributed by atoms with Crippen molar-refractivity contribution in [3.63, 3.8) is 0 Å². The van der Waals surface area contributed by atoms with Crippen molar-refractivity contribution < 1.29 is 4.79 Å². The van der Waals surface area contributed by atoms with Gasteiger partial charge in [0.25, 0.3) is 0 Å². The molecule has 0 spiro atoms. The number of likely N-dealkylation sites (tertiary alicyclic amines) is 1. The molecule has 1 fully saturated rings. The van der Waals surface area contributed by atoms with Crippen molar-refractivity contribution in [2.45, 2.75) is 45.2 Å². The highest BCUT2D eigenvalue weighted by atomic mass is 16.2. The molecule has 22 heavy (non-hydrogen) atoms. The van der Waals surface area contributed by atoms with Crippen LogP contribution in [0, 0.1) is 0 Å². The molecule has 1 atom stereocenters. The third-order valence-corrected chi connectivity index (χ3v) is 4.08. The van der Waals surface area contributed by atoms with Crippen molar-refractivity contribution in [3.05, 3.63) is 30.6 Å². The predicted molar refractivity (Wildman–Crippen MR) is 81.2 cm³/mol. The summed E-state index contributed by atoms with van der Waals surface area (Å²) in [7, 11) is 0. The molecule has 2 aromatic heterocycles. The number of rotatable bonds is 4. The maximum absolute atomic E-state index is 12.5. The molecule has 0 unspecified atom stereocenters. The van der Waals surface area contributed by atoms with E-state index in [1.165, 1.54) is 0 Å². The fourth-order valence-electron chi connectivity index (χ4n) is 2.83. The predicted octanol–water partition coefficient (Wildman–Crippen LogP) is 1.46. The average Bonchev–Trinajstić information content (AvgIpc) is 3.19. The summed E-state index contributed by atoms with van der Waals surface area (Å²) in [6.07, 6.45) is 7.60. The van der Waals surface area contributed by atoms with Crippen LogP contribution in [0.3, 0.4) is 0 Å². The number of hydrogen-bond acceptors (Lipinski definition) is 4. The molecule has 3 rings (SSSR count). The highest BCUT2D eigenvalue weighted by Gasteiger charge is 2.25. The van der Waals surface area contributed by atoms with E-state index in [4.69, 9.17) is 0 Å². The molecule has 1 amide bonds. The Labute approximate surface area is 129 Å². The topological polar surface area (TPSA) is 68.8 Å². The van der Waals surface area contributed by atoms with Gasteiger partial charge in [-0.1, -0.05) is 0 Å². The Morgan fingerprint density at radius 2 is 2.32 bits per heavy atom. The van der Waals surface area contributed by atoms with Crippen LogP contribution in [0.25, 0.3) is 0 Å². The average molecular weight is 302 g/mol. The summed E-state index contributed by atoms with van der Waals surface area (Å²) in [4.78, 5) is 18.4. The van der Waals surface area contributed by atoms with Gasteiger partial charge in [0.15, 0.2) is 0 Å². The maximum Gasteiger partial charge on any atom is 0.228 e. The van der Waals surface area contributed by atoms with Crippen LogP contribution in [-0.4, -0.2) is 48.4 Å². The molecule has 0 bridgehead atoms. The smallest absolute Gasteiger partial charge is 0.228 e.